The molecule has 1 fully saturated rings. The highest BCUT2D eigenvalue weighted by molar-refractivity contribution is 6.06. The molecule has 3 aromatic rings. The first kappa shape index (κ1) is 19.1. The first-order chi connectivity index (χ1) is 14.1. The molecular weight excluding hydrogens is 370 g/mol. The second-order valence-electron chi connectivity index (χ2n) is 7.26. The van der Waals surface area contributed by atoms with Crippen molar-refractivity contribution in [3.63, 3.8) is 0 Å². The summed E-state index contributed by atoms with van der Waals surface area (Å²) in [6.07, 6.45) is 5.68. The Bertz CT molecular complexity index is 1020. The Labute approximate surface area is 168 Å². The number of benzene rings is 1. The summed E-state index contributed by atoms with van der Waals surface area (Å²) in [6.45, 7) is 2.83. The summed E-state index contributed by atoms with van der Waals surface area (Å²) in [6, 6.07) is 8.86. The van der Waals surface area contributed by atoms with Crippen LogP contribution in [0.15, 0.2) is 53.4 Å². The van der Waals surface area contributed by atoms with Crippen LogP contribution in [0.2, 0.25) is 0 Å². The van der Waals surface area contributed by atoms with E-state index in [1.807, 2.05) is 31.2 Å². The van der Waals surface area contributed by atoms with Crippen LogP contribution in [-0.4, -0.2) is 42.1 Å². The molecule has 1 aliphatic rings. The molecule has 150 valence electrons. The van der Waals surface area contributed by atoms with Gasteiger partial charge in [-0.2, -0.15) is 0 Å². The van der Waals surface area contributed by atoms with Crippen molar-refractivity contribution in [1.29, 1.82) is 0 Å². The average Bonchev–Trinajstić information content (AvgIpc) is 3.16. The quantitative estimate of drug-likeness (QED) is 0.694. The van der Waals surface area contributed by atoms with Crippen LogP contribution in [0.4, 0.5) is 0 Å². The molecule has 0 radical (unpaired) electrons. The van der Waals surface area contributed by atoms with Crippen molar-refractivity contribution >= 4 is 22.8 Å². The fourth-order valence-corrected chi connectivity index (χ4v) is 3.62. The van der Waals surface area contributed by atoms with Gasteiger partial charge < -0.3 is 19.8 Å². The van der Waals surface area contributed by atoms with Crippen molar-refractivity contribution in [2.45, 2.75) is 31.8 Å². The lowest BCUT2D eigenvalue weighted by atomic mass is 10.0. The molecule has 7 heteroatoms. The largest absolute Gasteiger partial charge is 0.463 e. The Morgan fingerprint density at radius 1 is 1.17 bits per heavy atom. The standard InChI is InChI=1S/C22H23N3O4/c1-14-4-2-6-16-17(12-29-21(14)16)22(27)25-18-7-9-28-13-19(18)24-20(26)10-15-5-3-8-23-11-15/h2-6,8,11-12,18-19H,7,9-10,13H2,1H3,(H,24,26)(H,25,27)/t18-,19+/m1/s1. The number of rotatable bonds is 5. The smallest absolute Gasteiger partial charge is 0.255 e. The number of aromatic nitrogens is 1. The number of pyridine rings is 1. The van der Waals surface area contributed by atoms with E-state index >= 15 is 0 Å². The molecule has 2 N–H and O–H groups in total. The molecule has 29 heavy (non-hydrogen) atoms. The molecule has 0 aliphatic carbocycles. The monoisotopic (exact) mass is 393 g/mol. The normalized spacial score (nSPS) is 19.1. The Hall–Kier alpha value is -3.19. The summed E-state index contributed by atoms with van der Waals surface area (Å²) in [5.41, 5.74) is 3.03. The SMILES string of the molecule is Cc1cccc2c(C(=O)N[C@@H]3CCOC[C@@H]3NC(=O)Cc3cccnc3)coc12. The Morgan fingerprint density at radius 3 is 2.90 bits per heavy atom. The first-order valence-electron chi connectivity index (χ1n) is 9.65. The topological polar surface area (TPSA) is 93.5 Å². The number of amides is 2. The van der Waals surface area contributed by atoms with E-state index in [4.69, 9.17) is 9.15 Å². The minimum Gasteiger partial charge on any atom is -0.463 e. The molecule has 2 amide bonds. The molecule has 1 aliphatic heterocycles. The fraction of sp³-hybridized carbons (Fsp3) is 0.318. The van der Waals surface area contributed by atoms with Gasteiger partial charge in [0.15, 0.2) is 0 Å². The summed E-state index contributed by atoms with van der Waals surface area (Å²) < 4.78 is 11.1. The molecule has 0 spiro atoms. The van der Waals surface area contributed by atoms with Gasteiger partial charge in [-0.15, -0.1) is 0 Å². The molecule has 3 heterocycles. The van der Waals surface area contributed by atoms with E-state index in [-0.39, 0.29) is 30.3 Å². The highest BCUT2D eigenvalue weighted by Crippen LogP contribution is 2.24. The molecule has 0 unspecified atom stereocenters. The van der Waals surface area contributed by atoms with E-state index in [1.165, 1.54) is 6.26 Å². The number of nitrogens with zero attached hydrogens (tertiary/aromatic N) is 1. The van der Waals surface area contributed by atoms with Gasteiger partial charge in [0.25, 0.3) is 5.91 Å². The van der Waals surface area contributed by atoms with Gasteiger partial charge >= 0.3 is 0 Å². The maximum Gasteiger partial charge on any atom is 0.255 e. The molecule has 1 saturated heterocycles. The van der Waals surface area contributed by atoms with Gasteiger partial charge in [-0.25, -0.2) is 0 Å². The lowest BCUT2D eigenvalue weighted by molar-refractivity contribution is -0.122. The van der Waals surface area contributed by atoms with Crippen LogP contribution in [-0.2, 0) is 16.0 Å². The number of aryl methyl sites for hydroxylation is 1. The molecular formula is C22H23N3O4. The van der Waals surface area contributed by atoms with Crippen molar-refractivity contribution in [2.24, 2.45) is 0 Å². The third-order valence-electron chi connectivity index (χ3n) is 5.15. The summed E-state index contributed by atoms with van der Waals surface area (Å²) in [5.74, 6) is -0.343. The average molecular weight is 393 g/mol. The van der Waals surface area contributed by atoms with Crippen LogP contribution in [0.3, 0.4) is 0 Å². The van der Waals surface area contributed by atoms with Crippen molar-refractivity contribution in [3.05, 3.63) is 65.7 Å². The highest BCUT2D eigenvalue weighted by Gasteiger charge is 2.29. The van der Waals surface area contributed by atoms with Crippen molar-refractivity contribution in [2.75, 3.05) is 13.2 Å². The number of hydrogen-bond donors (Lipinski definition) is 2. The van der Waals surface area contributed by atoms with Crippen molar-refractivity contribution in [3.8, 4) is 0 Å². The summed E-state index contributed by atoms with van der Waals surface area (Å²) in [7, 11) is 0. The van der Waals surface area contributed by atoms with Crippen LogP contribution >= 0.6 is 0 Å². The molecule has 7 nitrogen and oxygen atoms in total. The molecule has 0 bridgehead atoms. The van der Waals surface area contributed by atoms with Gasteiger partial charge in [0.2, 0.25) is 5.91 Å². The first-order valence-corrected chi connectivity index (χ1v) is 9.65. The van der Waals surface area contributed by atoms with E-state index in [1.54, 1.807) is 18.5 Å². The zero-order chi connectivity index (χ0) is 20.2. The van der Waals surface area contributed by atoms with Gasteiger partial charge in [0, 0.05) is 24.4 Å². The van der Waals surface area contributed by atoms with Gasteiger partial charge in [0.1, 0.15) is 11.8 Å². The Balaban J connectivity index is 1.44. The zero-order valence-corrected chi connectivity index (χ0v) is 16.2. The summed E-state index contributed by atoms with van der Waals surface area (Å²) >= 11 is 0. The van der Waals surface area contributed by atoms with Crippen LogP contribution in [0, 0.1) is 6.92 Å². The van der Waals surface area contributed by atoms with Crippen molar-refractivity contribution < 1.29 is 18.7 Å². The van der Waals surface area contributed by atoms with E-state index in [0.717, 1.165) is 16.5 Å². The number of nitrogens with one attached hydrogen (secondary N) is 2. The summed E-state index contributed by atoms with van der Waals surface area (Å²) in [5, 5.41) is 6.81. The van der Waals surface area contributed by atoms with Gasteiger partial charge in [0.05, 0.1) is 30.7 Å². The number of hydrogen-bond acceptors (Lipinski definition) is 5. The number of fused-ring (bicyclic) bond motifs is 1. The van der Waals surface area contributed by atoms with Crippen molar-refractivity contribution in [1.82, 2.24) is 15.6 Å². The lowest BCUT2D eigenvalue weighted by Gasteiger charge is -2.32. The fourth-order valence-electron chi connectivity index (χ4n) is 3.62. The maximum absolute atomic E-state index is 12.9. The number of carbonyl (C=O) groups excluding carboxylic acids is 2. The molecule has 1 aromatic carbocycles. The van der Waals surface area contributed by atoms with Crippen LogP contribution in [0.1, 0.15) is 27.9 Å². The number of para-hydroxylation sites is 1. The molecule has 4 rings (SSSR count). The third kappa shape index (κ3) is 4.30. The summed E-state index contributed by atoms with van der Waals surface area (Å²) in [4.78, 5) is 29.3. The van der Waals surface area contributed by atoms with Gasteiger partial charge in [-0.3, -0.25) is 14.6 Å². The predicted molar refractivity (Wildman–Crippen MR) is 108 cm³/mol. The number of furan rings is 1. The Kier molecular flexibility index (Phi) is 5.57. The lowest BCUT2D eigenvalue weighted by Crippen LogP contribution is -2.56. The molecule has 2 atom stereocenters. The minimum absolute atomic E-state index is 0.128. The van der Waals surface area contributed by atoms with E-state index < -0.39 is 0 Å². The van der Waals surface area contributed by atoms with Crippen LogP contribution < -0.4 is 10.6 Å². The zero-order valence-electron chi connectivity index (χ0n) is 16.2. The van der Waals surface area contributed by atoms with Crippen LogP contribution in [0.25, 0.3) is 11.0 Å². The predicted octanol–water partition coefficient (Wildman–Crippen LogP) is 2.38. The van der Waals surface area contributed by atoms with E-state index in [2.05, 4.69) is 15.6 Å². The second-order valence-corrected chi connectivity index (χ2v) is 7.26. The number of carbonyl (C=O) groups is 2. The maximum atomic E-state index is 12.9. The van der Waals surface area contributed by atoms with Crippen LogP contribution in [0.5, 0.6) is 0 Å². The molecule has 2 aromatic heterocycles. The highest BCUT2D eigenvalue weighted by atomic mass is 16.5. The second kappa shape index (κ2) is 8.45. The minimum atomic E-state index is -0.295. The van der Waals surface area contributed by atoms with Gasteiger partial charge in [-0.05, 0) is 30.5 Å². The van der Waals surface area contributed by atoms with Gasteiger partial charge in [-0.1, -0.05) is 24.3 Å². The Morgan fingerprint density at radius 2 is 2.07 bits per heavy atom. The number of ether oxygens (including phenoxy) is 1. The van der Waals surface area contributed by atoms with E-state index in [9.17, 15) is 9.59 Å². The third-order valence-corrected chi connectivity index (χ3v) is 5.15. The molecule has 0 saturated carbocycles. The van der Waals surface area contributed by atoms with E-state index in [0.29, 0.717) is 30.8 Å².